The van der Waals surface area contributed by atoms with Crippen molar-refractivity contribution in [2.24, 2.45) is 5.41 Å². The molecule has 0 aliphatic carbocycles. The van der Waals surface area contributed by atoms with Gasteiger partial charge in [-0.05, 0) is 49.3 Å². The Morgan fingerprint density at radius 1 is 1.39 bits per heavy atom. The summed E-state index contributed by atoms with van der Waals surface area (Å²) >= 11 is 6.07. The first-order valence-electron chi connectivity index (χ1n) is 8.07. The molecule has 2 aliphatic heterocycles. The van der Waals surface area contributed by atoms with Gasteiger partial charge in [0.1, 0.15) is 5.82 Å². The molecule has 1 aromatic carbocycles. The maximum absolute atomic E-state index is 13.1. The zero-order chi connectivity index (χ0) is 16.4. The lowest BCUT2D eigenvalue weighted by Gasteiger charge is -2.33. The van der Waals surface area contributed by atoms with Crippen LogP contribution in [0.3, 0.4) is 0 Å². The average Bonchev–Trinajstić information content (AvgIpc) is 2.91. The van der Waals surface area contributed by atoms with Gasteiger partial charge in [-0.1, -0.05) is 17.7 Å². The van der Waals surface area contributed by atoms with Crippen LogP contribution in [0.1, 0.15) is 37.8 Å². The second kappa shape index (κ2) is 6.65. The van der Waals surface area contributed by atoms with Gasteiger partial charge in [0.2, 0.25) is 0 Å². The molecule has 1 unspecified atom stereocenters. The molecule has 2 aliphatic rings. The number of likely N-dealkylation sites (tertiary alicyclic amines) is 1. The summed E-state index contributed by atoms with van der Waals surface area (Å²) in [6, 6.07) is 3.90. The first-order valence-corrected chi connectivity index (χ1v) is 8.45. The van der Waals surface area contributed by atoms with Crippen molar-refractivity contribution in [3.8, 4) is 0 Å². The molecule has 0 bridgehead atoms. The first-order chi connectivity index (χ1) is 11.0. The van der Waals surface area contributed by atoms with Gasteiger partial charge in [-0.25, -0.2) is 9.18 Å². The SMILES string of the molecule is CC(NC(=O)N1CCC2(CCOCC2)C1)c1ccc(F)cc1Cl. The Kier molecular flexibility index (Phi) is 4.78. The van der Waals surface area contributed by atoms with E-state index in [0.717, 1.165) is 51.1 Å². The first kappa shape index (κ1) is 16.5. The lowest BCUT2D eigenvalue weighted by molar-refractivity contribution is 0.0208. The number of hydrogen-bond donors (Lipinski definition) is 1. The number of benzene rings is 1. The van der Waals surface area contributed by atoms with Crippen LogP contribution in [0.5, 0.6) is 0 Å². The zero-order valence-electron chi connectivity index (χ0n) is 13.3. The molecule has 6 heteroatoms. The summed E-state index contributed by atoms with van der Waals surface area (Å²) in [6.07, 6.45) is 3.09. The third-order valence-electron chi connectivity index (χ3n) is 5.05. The number of carbonyl (C=O) groups excluding carboxylic acids is 1. The van der Waals surface area contributed by atoms with Crippen LogP contribution < -0.4 is 5.32 Å². The Balaban J connectivity index is 1.61. The number of nitrogens with one attached hydrogen (secondary N) is 1. The van der Waals surface area contributed by atoms with Crippen LogP contribution in [-0.2, 0) is 4.74 Å². The summed E-state index contributed by atoms with van der Waals surface area (Å²) in [5.41, 5.74) is 0.952. The van der Waals surface area contributed by atoms with E-state index in [0.29, 0.717) is 5.02 Å². The van der Waals surface area contributed by atoms with E-state index in [9.17, 15) is 9.18 Å². The maximum Gasteiger partial charge on any atom is 0.317 e. The number of amides is 2. The molecule has 23 heavy (non-hydrogen) atoms. The summed E-state index contributed by atoms with van der Waals surface area (Å²) in [5, 5.41) is 3.30. The lowest BCUT2D eigenvalue weighted by atomic mass is 9.80. The molecule has 2 fully saturated rings. The number of urea groups is 1. The van der Waals surface area contributed by atoms with Gasteiger partial charge in [-0.15, -0.1) is 0 Å². The van der Waals surface area contributed by atoms with E-state index in [4.69, 9.17) is 16.3 Å². The van der Waals surface area contributed by atoms with Gasteiger partial charge in [0, 0.05) is 31.3 Å². The highest BCUT2D eigenvalue weighted by Crippen LogP contribution is 2.39. The molecular formula is C17H22ClFN2O2. The summed E-state index contributed by atoms with van der Waals surface area (Å²) in [5.74, 6) is -0.377. The van der Waals surface area contributed by atoms with E-state index < -0.39 is 0 Å². The van der Waals surface area contributed by atoms with Crippen molar-refractivity contribution in [1.82, 2.24) is 10.2 Å². The van der Waals surface area contributed by atoms with Crippen LogP contribution >= 0.6 is 11.6 Å². The number of nitrogens with zero attached hydrogens (tertiary/aromatic N) is 1. The van der Waals surface area contributed by atoms with E-state index in [1.54, 1.807) is 6.07 Å². The summed E-state index contributed by atoms with van der Waals surface area (Å²) in [4.78, 5) is 14.4. The monoisotopic (exact) mass is 340 g/mol. The minimum atomic E-state index is -0.377. The normalized spacial score (nSPS) is 21.4. The highest BCUT2D eigenvalue weighted by atomic mass is 35.5. The number of halogens is 2. The Labute approximate surface area is 140 Å². The standard InChI is InChI=1S/C17H22ClFN2O2/c1-12(14-3-2-13(19)10-15(14)18)20-16(22)21-7-4-17(11-21)5-8-23-9-6-17/h2-3,10,12H,4-9,11H2,1H3,(H,20,22). The molecule has 0 radical (unpaired) electrons. The molecule has 2 heterocycles. The molecule has 4 nitrogen and oxygen atoms in total. The van der Waals surface area contributed by atoms with Gasteiger partial charge in [0.25, 0.3) is 0 Å². The maximum atomic E-state index is 13.1. The van der Waals surface area contributed by atoms with E-state index in [2.05, 4.69) is 5.32 Å². The second-order valence-electron chi connectivity index (χ2n) is 6.62. The van der Waals surface area contributed by atoms with E-state index >= 15 is 0 Å². The summed E-state index contributed by atoms with van der Waals surface area (Å²) < 4.78 is 18.6. The molecule has 3 rings (SSSR count). The summed E-state index contributed by atoms with van der Waals surface area (Å²) in [7, 11) is 0. The highest BCUT2D eigenvalue weighted by Gasteiger charge is 2.41. The van der Waals surface area contributed by atoms with Crippen LogP contribution in [0.25, 0.3) is 0 Å². The fourth-order valence-electron chi connectivity index (χ4n) is 3.53. The third kappa shape index (κ3) is 3.61. The number of hydrogen-bond acceptors (Lipinski definition) is 2. The molecule has 1 N–H and O–H groups in total. The van der Waals surface area contributed by atoms with E-state index in [1.165, 1.54) is 12.1 Å². The van der Waals surface area contributed by atoms with Crippen molar-refractivity contribution in [3.63, 3.8) is 0 Å². The van der Waals surface area contributed by atoms with Crippen LogP contribution in [0.2, 0.25) is 5.02 Å². The predicted octanol–water partition coefficient (Wildman–Crippen LogP) is 3.75. The Hall–Kier alpha value is -1.33. The third-order valence-corrected chi connectivity index (χ3v) is 5.38. The van der Waals surface area contributed by atoms with E-state index in [1.807, 2.05) is 11.8 Å². The van der Waals surface area contributed by atoms with Gasteiger partial charge < -0.3 is 15.0 Å². The molecule has 0 saturated carbocycles. The molecule has 2 amide bonds. The molecule has 1 spiro atoms. The van der Waals surface area contributed by atoms with Crippen LogP contribution in [0, 0.1) is 11.2 Å². The minimum Gasteiger partial charge on any atom is -0.381 e. The fourth-order valence-corrected chi connectivity index (χ4v) is 3.86. The second-order valence-corrected chi connectivity index (χ2v) is 7.03. The van der Waals surface area contributed by atoms with Crippen molar-refractivity contribution in [2.45, 2.75) is 32.2 Å². The van der Waals surface area contributed by atoms with Crippen LogP contribution in [0.15, 0.2) is 18.2 Å². The van der Waals surface area contributed by atoms with Crippen molar-refractivity contribution in [3.05, 3.63) is 34.6 Å². The predicted molar refractivity (Wildman–Crippen MR) is 87.0 cm³/mol. The van der Waals surface area contributed by atoms with Crippen molar-refractivity contribution in [1.29, 1.82) is 0 Å². The number of carbonyl (C=O) groups is 1. The zero-order valence-corrected chi connectivity index (χ0v) is 14.0. The van der Waals surface area contributed by atoms with Crippen LogP contribution in [-0.4, -0.2) is 37.2 Å². The van der Waals surface area contributed by atoms with Gasteiger partial charge in [-0.2, -0.15) is 0 Å². The quantitative estimate of drug-likeness (QED) is 0.890. The van der Waals surface area contributed by atoms with Crippen molar-refractivity contribution >= 4 is 17.6 Å². The van der Waals surface area contributed by atoms with Gasteiger partial charge in [-0.3, -0.25) is 0 Å². The average molecular weight is 341 g/mol. The van der Waals surface area contributed by atoms with E-state index in [-0.39, 0.29) is 23.3 Å². The molecule has 1 atom stereocenters. The van der Waals surface area contributed by atoms with Crippen molar-refractivity contribution in [2.75, 3.05) is 26.3 Å². The van der Waals surface area contributed by atoms with Gasteiger partial charge in [0.05, 0.1) is 6.04 Å². The fraction of sp³-hybridized carbons (Fsp3) is 0.588. The Bertz CT molecular complexity index is 590. The molecule has 2 saturated heterocycles. The molecule has 126 valence electrons. The Morgan fingerprint density at radius 3 is 2.83 bits per heavy atom. The smallest absolute Gasteiger partial charge is 0.317 e. The lowest BCUT2D eigenvalue weighted by Crippen LogP contribution is -2.42. The molecule has 0 aromatic heterocycles. The highest BCUT2D eigenvalue weighted by molar-refractivity contribution is 6.31. The summed E-state index contributed by atoms with van der Waals surface area (Å²) in [6.45, 7) is 4.99. The minimum absolute atomic E-state index is 0.0822. The topological polar surface area (TPSA) is 41.6 Å². The molecular weight excluding hydrogens is 319 g/mol. The number of ether oxygens (including phenoxy) is 1. The van der Waals surface area contributed by atoms with Crippen LogP contribution in [0.4, 0.5) is 9.18 Å². The van der Waals surface area contributed by atoms with Gasteiger partial charge >= 0.3 is 6.03 Å². The van der Waals surface area contributed by atoms with Crippen molar-refractivity contribution < 1.29 is 13.9 Å². The molecule has 1 aromatic rings. The number of rotatable bonds is 2. The Morgan fingerprint density at radius 2 is 2.13 bits per heavy atom. The largest absolute Gasteiger partial charge is 0.381 e. The van der Waals surface area contributed by atoms with Gasteiger partial charge in [0.15, 0.2) is 0 Å².